The third kappa shape index (κ3) is 2.62. The number of nitrogens with two attached hydrogens (primary N) is 2. The monoisotopic (exact) mass is 278 g/mol. The highest BCUT2D eigenvalue weighted by Crippen LogP contribution is 2.23. The minimum Gasteiger partial charge on any atom is -0.398 e. The molecule has 0 bridgehead atoms. The number of carbonyl (C=O) groups excluding carboxylic acids is 1. The number of para-hydroxylation sites is 1. The van der Waals surface area contributed by atoms with Gasteiger partial charge in [-0.25, -0.2) is 0 Å². The maximum atomic E-state index is 11.3. The minimum atomic E-state index is -0.548. The van der Waals surface area contributed by atoms with Gasteiger partial charge in [-0.1, -0.05) is 18.2 Å². The molecule has 1 heterocycles. The number of nitrogen functional groups attached to an aromatic ring is 1. The number of nitrogens with one attached hydrogen (secondary N) is 1. The summed E-state index contributed by atoms with van der Waals surface area (Å²) in [5.74, 6) is -0.548. The van der Waals surface area contributed by atoms with Crippen LogP contribution in [0.25, 0.3) is 10.9 Å². The van der Waals surface area contributed by atoms with Crippen molar-refractivity contribution in [1.82, 2.24) is 4.98 Å². The van der Waals surface area contributed by atoms with Crippen molar-refractivity contribution < 1.29 is 4.79 Å². The van der Waals surface area contributed by atoms with E-state index in [-0.39, 0.29) is 0 Å². The Morgan fingerprint density at radius 1 is 1.05 bits per heavy atom. The lowest BCUT2D eigenvalue weighted by Gasteiger charge is -2.09. The maximum Gasteiger partial charge on any atom is 0.250 e. The summed E-state index contributed by atoms with van der Waals surface area (Å²) in [5.41, 5.74) is 14.2. The number of aromatic nitrogens is 1. The van der Waals surface area contributed by atoms with E-state index in [9.17, 15) is 4.79 Å². The second kappa shape index (κ2) is 5.13. The predicted molar refractivity (Wildman–Crippen MR) is 84.4 cm³/mol. The SMILES string of the molecule is NC(=O)c1cc(Nc2cnc3ccccc3c2)ccc1N. The zero-order chi connectivity index (χ0) is 14.8. The van der Waals surface area contributed by atoms with E-state index in [2.05, 4.69) is 10.3 Å². The molecule has 1 amide bonds. The normalized spacial score (nSPS) is 10.5. The first kappa shape index (κ1) is 12.9. The summed E-state index contributed by atoms with van der Waals surface area (Å²) in [7, 11) is 0. The smallest absolute Gasteiger partial charge is 0.250 e. The number of amides is 1. The van der Waals surface area contributed by atoms with Gasteiger partial charge in [-0.05, 0) is 30.3 Å². The minimum absolute atomic E-state index is 0.300. The summed E-state index contributed by atoms with van der Waals surface area (Å²) in [6.45, 7) is 0. The Kier molecular flexibility index (Phi) is 3.16. The van der Waals surface area contributed by atoms with Crippen molar-refractivity contribution in [3.05, 3.63) is 60.3 Å². The lowest BCUT2D eigenvalue weighted by molar-refractivity contribution is 0.100. The lowest BCUT2D eigenvalue weighted by Crippen LogP contribution is -2.13. The number of anilines is 3. The molecule has 0 fully saturated rings. The quantitative estimate of drug-likeness (QED) is 0.642. The van der Waals surface area contributed by atoms with E-state index < -0.39 is 5.91 Å². The van der Waals surface area contributed by atoms with Crippen LogP contribution in [-0.2, 0) is 0 Å². The van der Waals surface area contributed by atoms with E-state index in [1.54, 1.807) is 24.4 Å². The summed E-state index contributed by atoms with van der Waals surface area (Å²) >= 11 is 0. The fourth-order valence-corrected chi connectivity index (χ4v) is 2.15. The number of rotatable bonds is 3. The van der Waals surface area contributed by atoms with Gasteiger partial charge in [0.05, 0.1) is 23.0 Å². The van der Waals surface area contributed by atoms with Gasteiger partial charge in [0.1, 0.15) is 0 Å². The molecule has 0 aliphatic carbocycles. The second-order valence-corrected chi connectivity index (χ2v) is 4.71. The van der Waals surface area contributed by atoms with E-state index in [4.69, 9.17) is 11.5 Å². The van der Waals surface area contributed by atoms with E-state index in [0.29, 0.717) is 11.3 Å². The van der Waals surface area contributed by atoms with Crippen LogP contribution in [0.5, 0.6) is 0 Å². The molecule has 0 aliphatic heterocycles. The molecule has 5 N–H and O–H groups in total. The van der Waals surface area contributed by atoms with Gasteiger partial charge in [0.15, 0.2) is 0 Å². The zero-order valence-electron chi connectivity index (χ0n) is 11.2. The molecule has 0 saturated carbocycles. The molecule has 0 spiro atoms. The van der Waals surface area contributed by atoms with Crippen LogP contribution in [0.15, 0.2) is 54.7 Å². The van der Waals surface area contributed by atoms with E-state index in [0.717, 1.165) is 22.3 Å². The fraction of sp³-hybridized carbons (Fsp3) is 0. The number of pyridine rings is 1. The van der Waals surface area contributed by atoms with Crippen LogP contribution in [0.4, 0.5) is 17.1 Å². The second-order valence-electron chi connectivity index (χ2n) is 4.71. The lowest BCUT2D eigenvalue weighted by atomic mass is 10.1. The van der Waals surface area contributed by atoms with Gasteiger partial charge in [-0.15, -0.1) is 0 Å². The standard InChI is InChI=1S/C16H14N4O/c17-14-6-5-11(8-13(14)16(18)21)20-12-7-10-3-1-2-4-15(10)19-9-12/h1-9,20H,17H2,(H2,18,21). The first-order valence-electron chi connectivity index (χ1n) is 6.44. The molecule has 0 atom stereocenters. The van der Waals surface area contributed by atoms with Crippen molar-refractivity contribution in [3.8, 4) is 0 Å². The molecule has 5 heteroatoms. The highest BCUT2D eigenvalue weighted by molar-refractivity contribution is 5.99. The molecule has 1 aromatic heterocycles. The third-order valence-corrected chi connectivity index (χ3v) is 3.20. The number of nitrogens with zero attached hydrogens (tertiary/aromatic N) is 1. The molecule has 3 aromatic rings. The summed E-state index contributed by atoms with van der Waals surface area (Å²) in [6.07, 6.45) is 1.74. The highest BCUT2D eigenvalue weighted by Gasteiger charge is 2.07. The maximum absolute atomic E-state index is 11.3. The van der Waals surface area contributed by atoms with Crippen LogP contribution < -0.4 is 16.8 Å². The molecular weight excluding hydrogens is 264 g/mol. The van der Waals surface area contributed by atoms with Crippen LogP contribution in [-0.4, -0.2) is 10.9 Å². The molecule has 5 nitrogen and oxygen atoms in total. The van der Waals surface area contributed by atoms with Gasteiger partial charge >= 0.3 is 0 Å². The largest absolute Gasteiger partial charge is 0.398 e. The van der Waals surface area contributed by atoms with Crippen LogP contribution in [0, 0.1) is 0 Å². The molecule has 0 aliphatic rings. The van der Waals surface area contributed by atoms with Crippen LogP contribution in [0.1, 0.15) is 10.4 Å². The van der Waals surface area contributed by atoms with Crippen molar-refractivity contribution in [1.29, 1.82) is 0 Å². The molecule has 104 valence electrons. The number of primary amides is 1. The summed E-state index contributed by atoms with van der Waals surface area (Å²) < 4.78 is 0. The van der Waals surface area contributed by atoms with Crippen molar-refractivity contribution in [2.75, 3.05) is 11.1 Å². The Labute approximate surface area is 121 Å². The molecule has 0 unspecified atom stereocenters. The molecule has 0 saturated heterocycles. The Balaban J connectivity index is 1.94. The average molecular weight is 278 g/mol. The summed E-state index contributed by atoms with van der Waals surface area (Å²) in [6, 6.07) is 14.9. The molecule has 2 aromatic carbocycles. The van der Waals surface area contributed by atoms with Gasteiger partial charge in [0, 0.05) is 16.8 Å². The van der Waals surface area contributed by atoms with Crippen molar-refractivity contribution in [2.24, 2.45) is 5.73 Å². The van der Waals surface area contributed by atoms with E-state index in [1.807, 2.05) is 30.3 Å². The van der Waals surface area contributed by atoms with Crippen molar-refractivity contribution in [2.45, 2.75) is 0 Å². The Hall–Kier alpha value is -3.08. The molecule has 3 rings (SSSR count). The Morgan fingerprint density at radius 2 is 1.86 bits per heavy atom. The van der Waals surface area contributed by atoms with E-state index in [1.165, 1.54) is 0 Å². The van der Waals surface area contributed by atoms with Gasteiger partial charge in [-0.3, -0.25) is 9.78 Å². The number of carbonyl (C=O) groups is 1. The Bertz CT molecular complexity index is 829. The highest BCUT2D eigenvalue weighted by atomic mass is 16.1. The fourth-order valence-electron chi connectivity index (χ4n) is 2.15. The first-order chi connectivity index (χ1) is 10.1. The summed E-state index contributed by atoms with van der Waals surface area (Å²) in [4.78, 5) is 15.7. The number of hydrogen-bond donors (Lipinski definition) is 3. The molecular formula is C16H14N4O. The molecule has 21 heavy (non-hydrogen) atoms. The number of fused-ring (bicyclic) bond motifs is 1. The molecule has 0 radical (unpaired) electrons. The zero-order valence-corrected chi connectivity index (χ0v) is 11.2. The van der Waals surface area contributed by atoms with Crippen LogP contribution >= 0.6 is 0 Å². The van der Waals surface area contributed by atoms with Crippen LogP contribution in [0.3, 0.4) is 0 Å². The third-order valence-electron chi connectivity index (χ3n) is 3.20. The van der Waals surface area contributed by atoms with E-state index >= 15 is 0 Å². The Morgan fingerprint density at radius 3 is 2.67 bits per heavy atom. The van der Waals surface area contributed by atoms with Gasteiger partial charge in [0.25, 0.3) is 5.91 Å². The summed E-state index contributed by atoms with van der Waals surface area (Å²) in [5, 5.41) is 4.23. The average Bonchev–Trinajstić information content (AvgIpc) is 2.49. The first-order valence-corrected chi connectivity index (χ1v) is 6.44. The number of hydrogen-bond acceptors (Lipinski definition) is 4. The van der Waals surface area contributed by atoms with Crippen LogP contribution in [0.2, 0.25) is 0 Å². The predicted octanol–water partition coefficient (Wildman–Crippen LogP) is 2.66. The number of benzene rings is 2. The van der Waals surface area contributed by atoms with Gasteiger partial charge < -0.3 is 16.8 Å². The topological polar surface area (TPSA) is 94.0 Å². The van der Waals surface area contributed by atoms with Crippen molar-refractivity contribution in [3.63, 3.8) is 0 Å². The van der Waals surface area contributed by atoms with Crippen molar-refractivity contribution >= 4 is 33.9 Å². The van der Waals surface area contributed by atoms with Gasteiger partial charge in [-0.2, -0.15) is 0 Å². The van der Waals surface area contributed by atoms with Gasteiger partial charge in [0.2, 0.25) is 0 Å².